The molecule has 0 saturated heterocycles. The first kappa shape index (κ1) is 29.3. The number of phosphoric acid groups is 1. The molecule has 6 heteroatoms. The zero-order valence-electron chi connectivity index (χ0n) is 17.8. The topological polar surface area (TPSA) is 58.6 Å². The maximum absolute atomic E-state index is 11.6. The number of hydrogen-bond donors (Lipinski definition) is 0. The fourth-order valence-electron chi connectivity index (χ4n) is 2.86. The van der Waals surface area contributed by atoms with Crippen molar-refractivity contribution in [2.75, 3.05) is 13.2 Å². The zero-order valence-corrected chi connectivity index (χ0v) is 20.7. The van der Waals surface area contributed by atoms with Crippen LogP contribution in [-0.2, 0) is 13.6 Å². The molecule has 0 aliphatic carbocycles. The largest absolute Gasteiger partial charge is 1.00 e. The first-order valence-electron chi connectivity index (χ1n) is 10.7. The van der Waals surface area contributed by atoms with Crippen molar-refractivity contribution >= 4 is 7.82 Å². The van der Waals surface area contributed by atoms with E-state index in [-0.39, 0.29) is 42.8 Å². The average molecular weight is 401 g/mol. The number of hydrogen-bond acceptors (Lipinski definition) is 4. The molecular weight excluding hydrogens is 358 g/mol. The molecule has 0 atom stereocenters. The molecule has 0 fully saturated rings. The Balaban J connectivity index is 0. The van der Waals surface area contributed by atoms with Crippen LogP contribution < -0.4 is 34.5 Å². The van der Waals surface area contributed by atoms with E-state index in [1.165, 1.54) is 64.2 Å². The fraction of sp³-hybridized carbons (Fsp3) is 1.00. The van der Waals surface area contributed by atoms with Crippen molar-refractivity contribution in [2.45, 2.75) is 117 Å². The van der Waals surface area contributed by atoms with Gasteiger partial charge >= 0.3 is 29.6 Å². The third-order valence-corrected chi connectivity index (χ3v) is 5.49. The molecule has 0 radical (unpaired) electrons. The molecule has 0 saturated carbocycles. The summed E-state index contributed by atoms with van der Waals surface area (Å²) in [4.78, 5) is 11.6. The number of phosphoric ester groups is 1. The smallest absolute Gasteiger partial charge is 0.756 e. The summed E-state index contributed by atoms with van der Waals surface area (Å²) in [5.74, 6) is 0. The van der Waals surface area contributed by atoms with E-state index in [0.29, 0.717) is 0 Å². The van der Waals surface area contributed by atoms with Crippen LogP contribution in [0, 0.1) is 0 Å². The SMILES string of the molecule is CCCCCCCCCCOP(=O)([O-])OCCCCCCCCCC.[Na+]. The van der Waals surface area contributed by atoms with Crippen LogP contribution in [0.1, 0.15) is 117 Å². The van der Waals surface area contributed by atoms with Gasteiger partial charge < -0.3 is 13.9 Å². The Bertz CT molecular complexity index is 290. The summed E-state index contributed by atoms with van der Waals surface area (Å²) in [6, 6.07) is 0. The Morgan fingerprint density at radius 2 is 0.846 bits per heavy atom. The van der Waals surface area contributed by atoms with Crippen LogP contribution in [0.15, 0.2) is 0 Å². The van der Waals surface area contributed by atoms with E-state index in [1.807, 2.05) is 0 Å². The molecule has 4 nitrogen and oxygen atoms in total. The summed E-state index contributed by atoms with van der Waals surface area (Å²) < 4.78 is 21.5. The maximum atomic E-state index is 11.6. The second-order valence-corrected chi connectivity index (χ2v) is 8.47. The molecule has 0 heterocycles. The van der Waals surface area contributed by atoms with Crippen molar-refractivity contribution in [1.82, 2.24) is 0 Å². The molecule has 0 N–H and O–H groups in total. The third kappa shape index (κ3) is 23.1. The molecular formula is C20H42NaO4P. The minimum absolute atomic E-state index is 0. The van der Waals surface area contributed by atoms with Crippen LogP contribution in [0.3, 0.4) is 0 Å². The molecule has 0 rings (SSSR count). The average Bonchev–Trinajstić information content (AvgIpc) is 2.59. The summed E-state index contributed by atoms with van der Waals surface area (Å²) in [6.07, 6.45) is 18.8. The zero-order chi connectivity index (χ0) is 18.6. The van der Waals surface area contributed by atoms with Gasteiger partial charge in [-0.1, -0.05) is 104 Å². The van der Waals surface area contributed by atoms with Gasteiger partial charge in [0.15, 0.2) is 0 Å². The van der Waals surface area contributed by atoms with Gasteiger partial charge in [-0.3, -0.25) is 4.57 Å². The van der Waals surface area contributed by atoms with Crippen molar-refractivity contribution < 1.29 is 48.1 Å². The minimum Gasteiger partial charge on any atom is -0.756 e. The van der Waals surface area contributed by atoms with Crippen LogP contribution in [-0.4, -0.2) is 13.2 Å². The summed E-state index contributed by atoms with van der Waals surface area (Å²) in [7, 11) is -4.08. The fourth-order valence-corrected chi connectivity index (χ4v) is 3.64. The van der Waals surface area contributed by atoms with Crippen molar-refractivity contribution in [3.8, 4) is 0 Å². The maximum Gasteiger partial charge on any atom is 1.00 e. The van der Waals surface area contributed by atoms with Gasteiger partial charge in [0.25, 0.3) is 7.82 Å². The molecule has 0 unspecified atom stereocenters. The molecule has 0 spiro atoms. The summed E-state index contributed by atoms with van der Waals surface area (Å²) in [6.45, 7) is 4.95. The van der Waals surface area contributed by atoms with E-state index in [1.54, 1.807) is 0 Å². The summed E-state index contributed by atoms with van der Waals surface area (Å²) >= 11 is 0. The predicted molar refractivity (Wildman–Crippen MR) is 105 cm³/mol. The standard InChI is InChI=1S/C20H43O4P.Na/c1-3-5-7-9-11-13-15-17-19-23-25(21,22)24-20-18-16-14-12-10-8-6-4-2;/h3-20H2,1-2H3,(H,21,22);/q;+1/p-1. The predicted octanol–water partition coefficient (Wildman–Crippen LogP) is 3.77. The van der Waals surface area contributed by atoms with Gasteiger partial charge in [-0.2, -0.15) is 0 Å². The molecule has 0 aliphatic heterocycles. The second-order valence-electron chi connectivity index (χ2n) is 7.06. The van der Waals surface area contributed by atoms with Crippen LogP contribution in [0.25, 0.3) is 0 Å². The van der Waals surface area contributed by atoms with Gasteiger partial charge in [-0.15, -0.1) is 0 Å². The Morgan fingerprint density at radius 3 is 1.15 bits per heavy atom. The first-order valence-corrected chi connectivity index (χ1v) is 12.2. The Kier molecular flexibility index (Phi) is 25.3. The normalized spacial score (nSPS) is 11.5. The van der Waals surface area contributed by atoms with Gasteiger partial charge in [0, 0.05) is 0 Å². The van der Waals surface area contributed by atoms with Gasteiger partial charge in [-0.05, 0) is 12.8 Å². The molecule has 0 bridgehead atoms. The van der Waals surface area contributed by atoms with E-state index in [2.05, 4.69) is 13.8 Å². The van der Waals surface area contributed by atoms with Crippen LogP contribution >= 0.6 is 7.82 Å². The van der Waals surface area contributed by atoms with E-state index >= 15 is 0 Å². The molecule has 26 heavy (non-hydrogen) atoms. The van der Waals surface area contributed by atoms with Crippen LogP contribution in [0.2, 0.25) is 0 Å². The van der Waals surface area contributed by atoms with E-state index in [9.17, 15) is 9.46 Å². The van der Waals surface area contributed by atoms with Crippen molar-refractivity contribution in [2.24, 2.45) is 0 Å². The molecule has 0 aliphatic rings. The van der Waals surface area contributed by atoms with E-state index in [4.69, 9.17) is 9.05 Å². The molecule has 0 aromatic carbocycles. The Hall–Kier alpha value is 1.11. The summed E-state index contributed by atoms with van der Waals surface area (Å²) in [5, 5.41) is 0. The van der Waals surface area contributed by atoms with Crippen LogP contribution in [0.5, 0.6) is 0 Å². The van der Waals surface area contributed by atoms with E-state index < -0.39 is 7.82 Å². The Morgan fingerprint density at radius 1 is 0.577 bits per heavy atom. The molecule has 0 aromatic rings. The van der Waals surface area contributed by atoms with Gasteiger partial charge in [0.1, 0.15) is 0 Å². The monoisotopic (exact) mass is 400 g/mol. The first-order chi connectivity index (χ1) is 12.1. The van der Waals surface area contributed by atoms with Crippen molar-refractivity contribution in [3.05, 3.63) is 0 Å². The summed E-state index contributed by atoms with van der Waals surface area (Å²) in [5.41, 5.74) is 0. The number of unbranched alkanes of at least 4 members (excludes halogenated alkanes) is 14. The van der Waals surface area contributed by atoms with Gasteiger partial charge in [-0.25, -0.2) is 0 Å². The van der Waals surface area contributed by atoms with E-state index in [0.717, 1.165) is 38.5 Å². The van der Waals surface area contributed by atoms with Crippen LogP contribution in [0.4, 0.5) is 0 Å². The minimum atomic E-state index is -4.08. The van der Waals surface area contributed by atoms with Gasteiger partial charge in [0.2, 0.25) is 0 Å². The Labute approximate surface area is 185 Å². The molecule has 152 valence electrons. The quantitative estimate of drug-likeness (QED) is 0.177. The molecule has 0 amide bonds. The van der Waals surface area contributed by atoms with Crippen molar-refractivity contribution in [3.63, 3.8) is 0 Å². The third-order valence-electron chi connectivity index (χ3n) is 4.49. The second kappa shape index (κ2) is 22.4. The van der Waals surface area contributed by atoms with Gasteiger partial charge in [0.05, 0.1) is 13.2 Å². The van der Waals surface area contributed by atoms with Crippen molar-refractivity contribution in [1.29, 1.82) is 0 Å². The molecule has 0 aromatic heterocycles. The number of rotatable bonds is 20.